The van der Waals surface area contributed by atoms with Crippen LogP contribution in [0.15, 0.2) is 76.7 Å². The Hall–Kier alpha value is -3.52. The van der Waals surface area contributed by atoms with Gasteiger partial charge in [0.2, 0.25) is 5.88 Å². The smallest absolute Gasteiger partial charge is 0.266 e. The van der Waals surface area contributed by atoms with Crippen LogP contribution in [0.4, 0.5) is 0 Å². The minimum absolute atomic E-state index is 0.187. The SMILES string of the molecule is Cn1cnc2cc(-c3ccc(S(C)(=O)=O)cc3)nc(OCc3ccccc3)c2c1=O. The maximum absolute atomic E-state index is 12.7. The Morgan fingerprint density at radius 1 is 1.03 bits per heavy atom. The van der Waals surface area contributed by atoms with Gasteiger partial charge in [0.1, 0.15) is 12.0 Å². The molecule has 8 heteroatoms. The second-order valence-corrected chi connectivity index (χ2v) is 8.95. The number of aromatic nitrogens is 3. The van der Waals surface area contributed by atoms with Crippen LogP contribution in [0.3, 0.4) is 0 Å². The molecule has 0 unspecified atom stereocenters. The summed E-state index contributed by atoms with van der Waals surface area (Å²) < 4.78 is 30.7. The van der Waals surface area contributed by atoms with Crippen molar-refractivity contribution >= 4 is 20.7 Å². The van der Waals surface area contributed by atoms with Crippen molar-refractivity contribution in [2.45, 2.75) is 11.5 Å². The summed E-state index contributed by atoms with van der Waals surface area (Å²) in [5.41, 5.74) is 2.37. The van der Waals surface area contributed by atoms with Crippen molar-refractivity contribution < 1.29 is 13.2 Å². The first-order valence-corrected chi connectivity index (χ1v) is 11.1. The Morgan fingerprint density at radius 2 is 1.73 bits per heavy atom. The van der Waals surface area contributed by atoms with Gasteiger partial charge in [-0.1, -0.05) is 42.5 Å². The number of aryl methyl sites for hydroxylation is 1. The molecule has 0 atom stereocenters. The quantitative estimate of drug-likeness (QED) is 0.492. The summed E-state index contributed by atoms with van der Waals surface area (Å²) in [5.74, 6) is 0.187. The van der Waals surface area contributed by atoms with Gasteiger partial charge in [0.15, 0.2) is 9.84 Å². The number of fused-ring (bicyclic) bond motifs is 1. The van der Waals surface area contributed by atoms with Gasteiger partial charge in [-0.25, -0.2) is 18.4 Å². The van der Waals surface area contributed by atoms with Crippen LogP contribution in [0, 0.1) is 0 Å². The second-order valence-electron chi connectivity index (χ2n) is 6.94. The van der Waals surface area contributed by atoms with Crippen molar-refractivity contribution in [3.8, 4) is 17.1 Å². The molecule has 2 aromatic carbocycles. The van der Waals surface area contributed by atoms with Crippen LogP contribution < -0.4 is 10.3 Å². The van der Waals surface area contributed by atoms with Gasteiger partial charge in [-0.15, -0.1) is 0 Å². The highest BCUT2D eigenvalue weighted by Crippen LogP contribution is 2.27. The third-order valence-electron chi connectivity index (χ3n) is 4.67. The predicted octanol–water partition coefficient (Wildman–Crippen LogP) is 2.98. The molecule has 0 aliphatic heterocycles. The lowest BCUT2D eigenvalue weighted by Crippen LogP contribution is -2.18. The van der Waals surface area contributed by atoms with Gasteiger partial charge in [0, 0.05) is 18.9 Å². The Balaban J connectivity index is 1.82. The van der Waals surface area contributed by atoms with Gasteiger partial charge in [-0.2, -0.15) is 0 Å². The Kier molecular flexibility index (Phi) is 5.09. The molecule has 0 aliphatic carbocycles. The fourth-order valence-corrected chi connectivity index (χ4v) is 3.67. The van der Waals surface area contributed by atoms with Crippen molar-refractivity contribution in [3.63, 3.8) is 0 Å². The Bertz CT molecular complexity index is 1380. The lowest BCUT2D eigenvalue weighted by molar-refractivity contribution is 0.298. The summed E-state index contributed by atoms with van der Waals surface area (Å²) in [5, 5.41) is 0.299. The molecule has 0 spiro atoms. The van der Waals surface area contributed by atoms with Gasteiger partial charge in [0.05, 0.1) is 22.4 Å². The number of rotatable bonds is 5. The largest absolute Gasteiger partial charge is 0.472 e. The molecule has 4 rings (SSSR count). The van der Waals surface area contributed by atoms with Crippen LogP contribution >= 0.6 is 0 Å². The summed E-state index contributed by atoms with van der Waals surface area (Å²) in [6, 6.07) is 17.7. The first-order valence-electron chi connectivity index (χ1n) is 9.16. The minimum atomic E-state index is -3.30. The van der Waals surface area contributed by atoms with E-state index in [1.807, 2.05) is 30.3 Å². The van der Waals surface area contributed by atoms with Gasteiger partial charge in [0.25, 0.3) is 5.56 Å². The number of sulfone groups is 1. The molecule has 7 nitrogen and oxygen atoms in total. The third kappa shape index (κ3) is 3.95. The molecule has 0 amide bonds. The average molecular weight is 421 g/mol. The van der Waals surface area contributed by atoms with E-state index in [1.54, 1.807) is 25.2 Å². The molecule has 0 N–H and O–H groups in total. The summed E-state index contributed by atoms with van der Waals surface area (Å²) in [6.45, 7) is 0.247. The monoisotopic (exact) mass is 421 g/mol. The van der Waals surface area contributed by atoms with E-state index >= 15 is 0 Å². The van der Waals surface area contributed by atoms with Gasteiger partial charge >= 0.3 is 0 Å². The molecule has 0 radical (unpaired) electrons. The number of hydrogen-bond donors (Lipinski definition) is 0. The zero-order chi connectivity index (χ0) is 21.3. The van der Waals surface area contributed by atoms with Crippen molar-refractivity contribution in [3.05, 3.63) is 82.9 Å². The predicted molar refractivity (Wildman–Crippen MR) is 114 cm³/mol. The summed E-state index contributed by atoms with van der Waals surface area (Å²) in [7, 11) is -1.68. The molecule has 0 bridgehead atoms. The van der Waals surface area contributed by atoms with Crippen molar-refractivity contribution in [2.24, 2.45) is 7.05 Å². The second kappa shape index (κ2) is 7.72. The van der Waals surface area contributed by atoms with E-state index in [1.165, 1.54) is 23.0 Å². The van der Waals surface area contributed by atoms with E-state index in [9.17, 15) is 13.2 Å². The van der Waals surface area contributed by atoms with E-state index in [0.717, 1.165) is 11.8 Å². The molecule has 2 heterocycles. The van der Waals surface area contributed by atoms with E-state index in [4.69, 9.17) is 4.74 Å². The zero-order valence-corrected chi connectivity index (χ0v) is 17.3. The topological polar surface area (TPSA) is 91.2 Å². The number of pyridine rings is 1. The molecule has 0 saturated carbocycles. The molecule has 4 aromatic rings. The van der Waals surface area contributed by atoms with Crippen LogP contribution in [0.2, 0.25) is 0 Å². The lowest BCUT2D eigenvalue weighted by atomic mass is 10.1. The average Bonchev–Trinajstić information content (AvgIpc) is 2.74. The van der Waals surface area contributed by atoms with E-state index in [-0.39, 0.29) is 22.9 Å². The van der Waals surface area contributed by atoms with Crippen LogP contribution in [-0.4, -0.2) is 29.2 Å². The first-order chi connectivity index (χ1) is 14.3. The lowest BCUT2D eigenvalue weighted by Gasteiger charge is -2.11. The van der Waals surface area contributed by atoms with E-state index in [2.05, 4.69) is 9.97 Å². The normalized spacial score (nSPS) is 11.5. The fourth-order valence-electron chi connectivity index (χ4n) is 3.04. The highest BCUT2D eigenvalue weighted by molar-refractivity contribution is 7.90. The van der Waals surface area contributed by atoms with Crippen molar-refractivity contribution in [2.75, 3.05) is 6.26 Å². The van der Waals surface area contributed by atoms with Gasteiger partial charge < -0.3 is 9.30 Å². The molecular weight excluding hydrogens is 402 g/mol. The van der Waals surface area contributed by atoms with Crippen LogP contribution in [0.5, 0.6) is 5.88 Å². The van der Waals surface area contributed by atoms with E-state index < -0.39 is 9.84 Å². The highest BCUT2D eigenvalue weighted by atomic mass is 32.2. The fraction of sp³-hybridized carbons (Fsp3) is 0.136. The number of benzene rings is 2. The highest BCUT2D eigenvalue weighted by Gasteiger charge is 2.15. The maximum atomic E-state index is 12.7. The summed E-state index contributed by atoms with van der Waals surface area (Å²) in [4.78, 5) is 21.8. The molecule has 0 aliphatic rings. The molecule has 0 saturated heterocycles. The number of ether oxygens (including phenoxy) is 1. The van der Waals surface area contributed by atoms with Crippen LogP contribution in [0.1, 0.15) is 5.56 Å². The Morgan fingerprint density at radius 3 is 2.40 bits per heavy atom. The standard InChI is InChI=1S/C22H19N3O4S/c1-25-14-23-19-12-18(16-8-10-17(11-9-16)30(2,27)28)24-21(20(19)22(25)26)29-13-15-6-4-3-5-7-15/h3-12,14H,13H2,1-2H3. The Labute approximate surface area is 173 Å². The molecular formula is C22H19N3O4S. The molecule has 2 aromatic heterocycles. The van der Waals surface area contributed by atoms with Crippen LogP contribution in [-0.2, 0) is 23.5 Å². The molecule has 30 heavy (non-hydrogen) atoms. The summed E-state index contributed by atoms with van der Waals surface area (Å²) >= 11 is 0. The van der Waals surface area contributed by atoms with Crippen molar-refractivity contribution in [1.82, 2.24) is 14.5 Å². The first kappa shape index (κ1) is 19.8. The van der Waals surface area contributed by atoms with Crippen LogP contribution in [0.25, 0.3) is 22.2 Å². The van der Waals surface area contributed by atoms with Gasteiger partial charge in [-0.3, -0.25) is 4.79 Å². The van der Waals surface area contributed by atoms with E-state index in [0.29, 0.717) is 22.2 Å². The third-order valence-corrected chi connectivity index (χ3v) is 5.79. The molecule has 0 fully saturated rings. The zero-order valence-electron chi connectivity index (χ0n) is 16.4. The van der Waals surface area contributed by atoms with Gasteiger partial charge in [-0.05, 0) is 23.8 Å². The maximum Gasteiger partial charge on any atom is 0.266 e. The molecule has 152 valence electrons. The van der Waals surface area contributed by atoms with Crippen molar-refractivity contribution in [1.29, 1.82) is 0 Å². The minimum Gasteiger partial charge on any atom is -0.472 e. The summed E-state index contributed by atoms with van der Waals surface area (Å²) in [6.07, 6.45) is 2.60. The number of hydrogen-bond acceptors (Lipinski definition) is 6. The number of nitrogens with zero attached hydrogens (tertiary/aromatic N) is 3.